The Morgan fingerprint density at radius 2 is 2.08 bits per heavy atom. The molecule has 0 radical (unpaired) electrons. The minimum absolute atomic E-state index is 0.0654. The van der Waals surface area contributed by atoms with Crippen molar-refractivity contribution in [2.45, 2.75) is 17.9 Å². The van der Waals surface area contributed by atoms with Crippen molar-refractivity contribution in [1.82, 2.24) is 0 Å². The van der Waals surface area contributed by atoms with Crippen molar-refractivity contribution in [1.29, 1.82) is 0 Å². The highest BCUT2D eigenvalue weighted by molar-refractivity contribution is 7.99. The minimum atomic E-state index is 0.0654. The summed E-state index contributed by atoms with van der Waals surface area (Å²) in [5.74, 6) is 0.858. The smallest absolute Gasteiger partial charge is 0.132 e. The molecule has 1 atom stereocenters. The average molecular weight is 215 g/mol. The van der Waals surface area contributed by atoms with Crippen LogP contribution in [0.4, 0.5) is 0 Å². The summed E-state index contributed by atoms with van der Waals surface area (Å²) in [6, 6.07) is 7.69. The predicted octanol–water partition coefficient (Wildman–Crippen LogP) is 3.16. The summed E-state index contributed by atoms with van der Waals surface area (Å²) < 4.78 is 0. The number of hydrogen-bond donors (Lipinski definition) is 0. The number of rotatable bonds is 4. The van der Waals surface area contributed by atoms with Crippen LogP contribution in [-0.4, -0.2) is 11.5 Å². The van der Waals surface area contributed by atoms with Gasteiger partial charge in [-0.2, -0.15) is 0 Å². The SMILES string of the molecule is CC(C=O)SCc1ccc(Cl)cc1. The van der Waals surface area contributed by atoms with E-state index in [9.17, 15) is 4.79 Å². The van der Waals surface area contributed by atoms with E-state index >= 15 is 0 Å². The van der Waals surface area contributed by atoms with Gasteiger partial charge < -0.3 is 4.79 Å². The van der Waals surface area contributed by atoms with Crippen molar-refractivity contribution in [2.24, 2.45) is 0 Å². The van der Waals surface area contributed by atoms with E-state index < -0.39 is 0 Å². The van der Waals surface area contributed by atoms with Gasteiger partial charge in [0, 0.05) is 10.8 Å². The fourth-order valence-corrected chi connectivity index (χ4v) is 1.70. The topological polar surface area (TPSA) is 17.1 Å². The first-order valence-corrected chi connectivity index (χ1v) is 5.46. The first-order chi connectivity index (χ1) is 6.22. The minimum Gasteiger partial charge on any atom is -0.302 e. The van der Waals surface area contributed by atoms with Gasteiger partial charge in [-0.15, -0.1) is 11.8 Å². The number of aldehydes is 1. The van der Waals surface area contributed by atoms with Crippen LogP contribution in [0, 0.1) is 0 Å². The van der Waals surface area contributed by atoms with Crippen molar-refractivity contribution in [2.75, 3.05) is 0 Å². The molecule has 1 rings (SSSR count). The number of halogens is 1. The molecule has 1 nitrogen and oxygen atoms in total. The zero-order valence-electron chi connectivity index (χ0n) is 7.37. The van der Waals surface area contributed by atoms with E-state index in [1.54, 1.807) is 11.8 Å². The van der Waals surface area contributed by atoms with E-state index in [4.69, 9.17) is 11.6 Å². The van der Waals surface area contributed by atoms with E-state index in [1.165, 1.54) is 5.56 Å². The molecule has 0 heterocycles. The molecule has 0 aliphatic rings. The van der Waals surface area contributed by atoms with E-state index in [2.05, 4.69) is 0 Å². The van der Waals surface area contributed by atoms with E-state index in [0.717, 1.165) is 17.1 Å². The number of thioether (sulfide) groups is 1. The first kappa shape index (κ1) is 10.6. The standard InChI is InChI=1S/C10H11ClOS/c1-8(6-12)13-7-9-2-4-10(11)5-3-9/h2-6,8H,7H2,1H3. The molecule has 0 saturated heterocycles. The third-order valence-electron chi connectivity index (χ3n) is 1.62. The van der Waals surface area contributed by atoms with Crippen molar-refractivity contribution >= 4 is 29.6 Å². The lowest BCUT2D eigenvalue weighted by Gasteiger charge is -2.03. The summed E-state index contributed by atoms with van der Waals surface area (Å²) in [6.07, 6.45) is 0.959. The van der Waals surface area contributed by atoms with Gasteiger partial charge in [0.2, 0.25) is 0 Å². The van der Waals surface area contributed by atoms with Gasteiger partial charge in [-0.05, 0) is 24.6 Å². The Morgan fingerprint density at radius 1 is 1.46 bits per heavy atom. The summed E-state index contributed by atoms with van der Waals surface area (Å²) in [6.45, 7) is 1.90. The lowest BCUT2D eigenvalue weighted by Crippen LogP contribution is -1.96. The Labute approximate surface area is 87.5 Å². The number of benzene rings is 1. The molecule has 3 heteroatoms. The Balaban J connectivity index is 2.45. The van der Waals surface area contributed by atoms with Gasteiger partial charge in [0.05, 0.1) is 5.25 Å². The fourth-order valence-electron chi connectivity index (χ4n) is 0.848. The van der Waals surface area contributed by atoms with Crippen LogP contribution in [0.2, 0.25) is 5.02 Å². The molecule has 70 valence electrons. The zero-order valence-corrected chi connectivity index (χ0v) is 8.94. The van der Waals surface area contributed by atoms with Gasteiger partial charge >= 0.3 is 0 Å². The van der Waals surface area contributed by atoms with E-state index in [1.807, 2.05) is 31.2 Å². The number of carbonyl (C=O) groups excluding carboxylic acids is 1. The van der Waals surface area contributed by atoms with Crippen molar-refractivity contribution in [3.8, 4) is 0 Å². The van der Waals surface area contributed by atoms with Crippen LogP contribution < -0.4 is 0 Å². The van der Waals surface area contributed by atoms with Gasteiger partial charge in [-0.3, -0.25) is 0 Å². The highest BCUT2D eigenvalue weighted by Gasteiger charge is 2.00. The molecule has 1 aromatic rings. The van der Waals surface area contributed by atoms with E-state index in [0.29, 0.717) is 0 Å². The molecule has 0 bridgehead atoms. The van der Waals surface area contributed by atoms with Crippen molar-refractivity contribution in [3.05, 3.63) is 34.9 Å². The molecular formula is C10H11ClOS. The second-order valence-corrected chi connectivity index (χ2v) is 4.58. The summed E-state index contributed by atoms with van der Waals surface area (Å²) in [5, 5.41) is 0.813. The van der Waals surface area contributed by atoms with Crippen LogP contribution in [-0.2, 0) is 10.5 Å². The normalized spacial score (nSPS) is 12.5. The van der Waals surface area contributed by atoms with Gasteiger partial charge in [0.1, 0.15) is 6.29 Å². The molecule has 0 spiro atoms. The second kappa shape index (κ2) is 5.30. The van der Waals surface area contributed by atoms with Crippen LogP contribution in [0.25, 0.3) is 0 Å². The van der Waals surface area contributed by atoms with Crippen LogP contribution in [0.3, 0.4) is 0 Å². The highest BCUT2D eigenvalue weighted by atomic mass is 35.5. The van der Waals surface area contributed by atoms with Gasteiger partial charge in [0.25, 0.3) is 0 Å². The quantitative estimate of drug-likeness (QED) is 0.717. The molecule has 0 aromatic heterocycles. The van der Waals surface area contributed by atoms with Crippen molar-refractivity contribution in [3.63, 3.8) is 0 Å². The average Bonchev–Trinajstić information content (AvgIpc) is 2.16. The molecular weight excluding hydrogens is 204 g/mol. The summed E-state index contributed by atoms with van der Waals surface area (Å²) in [4.78, 5) is 10.3. The molecule has 0 aliphatic carbocycles. The molecule has 0 fully saturated rings. The Bertz CT molecular complexity index is 271. The molecule has 0 N–H and O–H groups in total. The first-order valence-electron chi connectivity index (χ1n) is 4.03. The second-order valence-electron chi connectivity index (χ2n) is 2.78. The third-order valence-corrected chi connectivity index (χ3v) is 3.01. The van der Waals surface area contributed by atoms with Crippen LogP contribution in [0.1, 0.15) is 12.5 Å². The van der Waals surface area contributed by atoms with Gasteiger partial charge in [-0.25, -0.2) is 0 Å². The lowest BCUT2D eigenvalue weighted by molar-refractivity contribution is -0.107. The highest BCUT2D eigenvalue weighted by Crippen LogP contribution is 2.17. The van der Waals surface area contributed by atoms with Gasteiger partial charge in [-0.1, -0.05) is 23.7 Å². The third kappa shape index (κ3) is 3.83. The molecule has 0 aliphatic heterocycles. The maximum Gasteiger partial charge on any atom is 0.132 e. The van der Waals surface area contributed by atoms with Crippen LogP contribution in [0.15, 0.2) is 24.3 Å². The maximum absolute atomic E-state index is 10.3. The van der Waals surface area contributed by atoms with Crippen LogP contribution in [0.5, 0.6) is 0 Å². The zero-order chi connectivity index (χ0) is 9.68. The summed E-state index contributed by atoms with van der Waals surface area (Å²) in [7, 11) is 0. The Morgan fingerprint density at radius 3 is 2.62 bits per heavy atom. The molecule has 0 amide bonds. The largest absolute Gasteiger partial charge is 0.302 e. The molecule has 13 heavy (non-hydrogen) atoms. The van der Waals surface area contributed by atoms with E-state index in [-0.39, 0.29) is 5.25 Å². The van der Waals surface area contributed by atoms with Crippen molar-refractivity contribution < 1.29 is 4.79 Å². The van der Waals surface area contributed by atoms with Gasteiger partial charge in [0.15, 0.2) is 0 Å². The monoisotopic (exact) mass is 214 g/mol. The number of hydrogen-bond acceptors (Lipinski definition) is 2. The predicted molar refractivity (Wildman–Crippen MR) is 58.3 cm³/mol. The Kier molecular flexibility index (Phi) is 4.33. The molecule has 1 aromatic carbocycles. The fraction of sp³-hybridized carbons (Fsp3) is 0.300. The molecule has 1 unspecified atom stereocenters. The lowest BCUT2D eigenvalue weighted by atomic mass is 10.2. The summed E-state index contributed by atoms with van der Waals surface area (Å²) >= 11 is 7.36. The number of carbonyl (C=O) groups is 1. The maximum atomic E-state index is 10.3. The van der Waals surface area contributed by atoms with Crippen LogP contribution >= 0.6 is 23.4 Å². The molecule has 0 saturated carbocycles. The summed E-state index contributed by atoms with van der Waals surface area (Å²) in [5.41, 5.74) is 1.20. The Hall–Kier alpha value is -0.470.